The Morgan fingerprint density at radius 3 is 2.56 bits per heavy atom. The average molecular weight is 368 g/mol. The Morgan fingerprint density at radius 2 is 2.04 bits per heavy atom. The Morgan fingerprint density at radius 1 is 1.36 bits per heavy atom. The predicted octanol–water partition coefficient (Wildman–Crippen LogP) is 2.28. The van der Waals surface area contributed by atoms with E-state index in [2.05, 4.69) is 16.7 Å². The van der Waals surface area contributed by atoms with Crippen molar-refractivity contribution in [3.8, 4) is 5.75 Å². The molecule has 1 saturated carbocycles. The van der Waals surface area contributed by atoms with Gasteiger partial charge in [0.15, 0.2) is 0 Å². The van der Waals surface area contributed by atoms with E-state index >= 15 is 0 Å². The maximum atomic E-state index is 12.8. The summed E-state index contributed by atoms with van der Waals surface area (Å²) in [5, 5.41) is 0. The quantitative estimate of drug-likeness (QED) is 0.803. The molecule has 0 spiro atoms. The number of hydrogen-bond donors (Lipinski definition) is 1. The third kappa shape index (κ3) is 5.09. The third-order valence-electron chi connectivity index (χ3n) is 5.31. The Hall–Kier alpha value is -1.30. The number of hydrogen-bond acceptors (Lipinski definition) is 4. The molecule has 1 aliphatic heterocycles. The van der Waals surface area contributed by atoms with Crippen LogP contribution in [0.15, 0.2) is 24.3 Å². The molecule has 3 rings (SSSR count). The molecule has 1 atom stereocenters. The van der Waals surface area contributed by atoms with E-state index in [-0.39, 0.29) is 23.7 Å². The van der Waals surface area contributed by atoms with Crippen molar-refractivity contribution in [1.29, 1.82) is 0 Å². The number of carbonyl (C=O) groups is 1. The molecule has 5 nitrogen and oxygen atoms in total. The zero-order valence-electron chi connectivity index (χ0n) is 15.2. The molecule has 1 amide bonds. The lowest BCUT2D eigenvalue weighted by atomic mass is 9.90. The van der Waals surface area contributed by atoms with Crippen LogP contribution >= 0.6 is 12.4 Å². The molecule has 0 aromatic heterocycles. The maximum Gasteiger partial charge on any atom is 0.237 e. The number of nitrogens with zero attached hydrogens (tertiary/aromatic N) is 2. The topological polar surface area (TPSA) is 58.8 Å². The minimum Gasteiger partial charge on any atom is -0.497 e. The van der Waals surface area contributed by atoms with Gasteiger partial charge in [-0.3, -0.25) is 9.69 Å². The molecular weight excluding hydrogens is 338 g/mol. The molecular formula is C19H30ClN3O2. The van der Waals surface area contributed by atoms with Crippen LogP contribution in [0, 0.1) is 5.41 Å². The van der Waals surface area contributed by atoms with E-state index in [0.717, 1.165) is 43.7 Å². The number of carbonyl (C=O) groups excluding carboxylic acids is 1. The number of methoxy groups -OCH3 is 1. The fourth-order valence-electron chi connectivity index (χ4n) is 3.44. The van der Waals surface area contributed by atoms with Crippen molar-refractivity contribution in [3.05, 3.63) is 29.8 Å². The molecule has 1 aromatic rings. The Balaban J connectivity index is 0.00000225. The first-order valence-electron chi connectivity index (χ1n) is 8.88. The van der Waals surface area contributed by atoms with Crippen LogP contribution in [0.4, 0.5) is 0 Å². The van der Waals surface area contributed by atoms with Crippen molar-refractivity contribution >= 4 is 18.3 Å². The largest absolute Gasteiger partial charge is 0.497 e. The van der Waals surface area contributed by atoms with Gasteiger partial charge in [0.05, 0.1) is 13.7 Å². The smallest absolute Gasteiger partial charge is 0.237 e. The number of benzene rings is 1. The highest BCUT2D eigenvalue weighted by Crippen LogP contribution is 2.31. The minimum absolute atomic E-state index is 0. The Labute approximate surface area is 156 Å². The molecule has 25 heavy (non-hydrogen) atoms. The number of halogens is 1. The summed E-state index contributed by atoms with van der Waals surface area (Å²) in [6.45, 7) is 6.01. The van der Waals surface area contributed by atoms with Gasteiger partial charge >= 0.3 is 0 Å². The fraction of sp³-hybridized carbons (Fsp3) is 0.632. The van der Waals surface area contributed by atoms with Crippen LogP contribution in [-0.4, -0.2) is 55.0 Å². The summed E-state index contributed by atoms with van der Waals surface area (Å²) < 4.78 is 5.20. The highest BCUT2D eigenvalue weighted by molar-refractivity contribution is 5.85. The van der Waals surface area contributed by atoms with Crippen molar-refractivity contribution < 1.29 is 9.53 Å². The van der Waals surface area contributed by atoms with Crippen molar-refractivity contribution in [2.45, 2.75) is 38.8 Å². The van der Waals surface area contributed by atoms with Crippen LogP contribution in [0.2, 0.25) is 0 Å². The lowest BCUT2D eigenvalue weighted by Gasteiger charge is -2.27. The monoisotopic (exact) mass is 367 g/mol. The molecule has 1 saturated heterocycles. The van der Waals surface area contributed by atoms with E-state index < -0.39 is 0 Å². The van der Waals surface area contributed by atoms with E-state index in [0.29, 0.717) is 25.7 Å². The lowest BCUT2D eigenvalue weighted by molar-refractivity contribution is -0.133. The molecule has 1 heterocycles. The highest BCUT2D eigenvalue weighted by atomic mass is 35.5. The summed E-state index contributed by atoms with van der Waals surface area (Å²) in [6.07, 6.45) is 3.34. The molecule has 1 aromatic carbocycles. The highest BCUT2D eigenvalue weighted by Gasteiger charge is 2.36. The van der Waals surface area contributed by atoms with Gasteiger partial charge in [-0.05, 0) is 55.5 Å². The molecule has 1 unspecified atom stereocenters. The van der Waals surface area contributed by atoms with Crippen LogP contribution in [0.5, 0.6) is 5.75 Å². The van der Waals surface area contributed by atoms with Crippen LogP contribution in [-0.2, 0) is 11.3 Å². The number of ether oxygens (including phenoxy) is 1. The van der Waals surface area contributed by atoms with Crippen LogP contribution in [0.1, 0.15) is 31.7 Å². The molecule has 140 valence electrons. The number of likely N-dealkylation sites (tertiary alicyclic amines) is 1. The zero-order valence-corrected chi connectivity index (χ0v) is 16.1. The molecule has 6 heteroatoms. The SMILES string of the molecule is COc1ccc(CN(C(=O)CN2CCC(C)(CN)C2)C2CC2)cc1.Cl. The van der Waals surface area contributed by atoms with Gasteiger partial charge in [-0.25, -0.2) is 0 Å². The summed E-state index contributed by atoms with van der Waals surface area (Å²) in [6, 6.07) is 8.42. The molecule has 2 N–H and O–H groups in total. The normalized spacial score (nSPS) is 23.2. The summed E-state index contributed by atoms with van der Waals surface area (Å²) in [7, 11) is 1.67. The van der Waals surface area contributed by atoms with Crippen molar-refractivity contribution in [2.24, 2.45) is 11.1 Å². The van der Waals surface area contributed by atoms with E-state index in [4.69, 9.17) is 10.5 Å². The third-order valence-corrected chi connectivity index (χ3v) is 5.31. The molecule has 2 aliphatic rings. The average Bonchev–Trinajstić information content (AvgIpc) is 3.36. The van der Waals surface area contributed by atoms with E-state index in [1.165, 1.54) is 0 Å². The summed E-state index contributed by atoms with van der Waals surface area (Å²) in [4.78, 5) is 17.2. The standard InChI is InChI=1S/C19H29N3O2.ClH/c1-19(13-20)9-10-21(14-19)12-18(23)22(16-5-6-16)11-15-3-7-17(24-2)8-4-15;/h3-4,7-8,16H,5-6,9-14,20H2,1-2H3;1H. The van der Waals surface area contributed by atoms with E-state index in [9.17, 15) is 4.79 Å². The van der Waals surface area contributed by atoms with Gasteiger partial charge in [0, 0.05) is 19.1 Å². The first-order chi connectivity index (χ1) is 11.5. The molecule has 0 radical (unpaired) electrons. The first kappa shape index (κ1) is 20.0. The van der Waals surface area contributed by atoms with Gasteiger partial charge in [0.2, 0.25) is 5.91 Å². The van der Waals surface area contributed by atoms with Gasteiger partial charge in [0.25, 0.3) is 0 Å². The van der Waals surface area contributed by atoms with Gasteiger partial charge < -0.3 is 15.4 Å². The zero-order chi connectivity index (χ0) is 17.2. The number of nitrogens with two attached hydrogens (primary N) is 1. The van der Waals surface area contributed by atoms with Gasteiger partial charge in [-0.1, -0.05) is 19.1 Å². The minimum atomic E-state index is 0. The van der Waals surface area contributed by atoms with Crippen molar-refractivity contribution in [1.82, 2.24) is 9.80 Å². The Bertz CT molecular complexity index is 577. The molecule has 2 fully saturated rings. The van der Waals surface area contributed by atoms with Crippen LogP contribution in [0.25, 0.3) is 0 Å². The van der Waals surface area contributed by atoms with Gasteiger partial charge in [-0.2, -0.15) is 0 Å². The number of rotatable bonds is 7. The molecule has 0 bridgehead atoms. The van der Waals surface area contributed by atoms with E-state index in [1.54, 1.807) is 7.11 Å². The Kier molecular flexibility index (Phi) is 6.72. The van der Waals surface area contributed by atoms with Crippen molar-refractivity contribution in [2.75, 3.05) is 33.3 Å². The fourth-order valence-corrected chi connectivity index (χ4v) is 3.44. The second kappa shape index (κ2) is 8.39. The van der Waals surface area contributed by atoms with Crippen LogP contribution < -0.4 is 10.5 Å². The first-order valence-corrected chi connectivity index (χ1v) is 8.88. The van der Waals surface area contributed by atoms with Gasteiger partial charge in [-0.15, -0.1) is 12.4 Å². The predicted molar refractivity (Wildman–Crippen MR) is 102 cm³/mol. The van der Waals surface area contributed by atoms with Crippen LogP contribution in [0.3, 0.4) is 0 Å². The summed E-state index contributed by atoms with van der Waals surface area (Å²) >= 11 is 0. The summed E-state index contributed by atoms with van der Waals surface area (Å²) in [5.41, 5.74) is 7.20. The van der Waals surface area contributed by atoms with Crippen molar-refractivity contribution in [3.63, 3.8) is 0 Å². The van der Waals surface area contributed by atoms with E-state index in [1.807, 2.05) is 24.3 Å². The number of amides is 1. The second-order valence-electron chi connectivity index (χ2n) is 7.58. The summed E-state index contributed by atoms with van der Waals surface area (Å²) in [5.74, 6) is 1.09. The lowest BCUT2D eigenvalue weighted by Crippen LogP contribution is -2.41. The second-order valence-corrected chi connectivity index (χ2v) is 7.58. The van der Waals surface area contributed by atoms with Gasteiger partial charge in [0.1, 0.15) is 5.75 Å². The maximum absolute atomic E-state index is 12.8. The molecule has 1 aliphatic carbocycles.